The smallest absolute Gasteiger partial charge is 1.00 e. The van der Waals surface area contributed by atoms with Crippen molar-refractivity contribution in [3.63, 3.8) is 0 Å². The minimum absolute atomic E-state index is 0. The Kier molecular flexibility index (Phi) is 11.7. The third-order valence-corrected chi connectivity index (χ3v) is 28.0. The number of halogens is 2. The van der Waals surface area contributed by atoms with E-state index in [4.69, 9.17) is 0 Å². The fourth-order valence-electron chi connectivity index (χ4n) is 14.5. The van der Waals surface area contributed by atoms with Crippen LogP contribution in [-0.2, 0) is 21.3 Å². The van der Waals surface area contributed by atoms with Crippen LogP contribution in [0.1, 0.15) is 112 Å². The van der Waals surface area contributed by atoms with E-state index in [9.17, 15) is 0 Å². The van der Waals surface area contributed by atoms with Gasteiger partial charge in [-0.05, 0) is 0 Å². The Morgan fingerprint density at radius 2 is 1.08 bits per heavy atom. The molecule has 10 atom stereocenters. The zero-order chi connectivity index (χ0) is 41.4. The van der Waals surface area contributed by atoms with Crippen molar-refractivity contribution in [3.8, 4) is 0 Å². The van der Waals surface area contributed by atoms with Crippen molar-refractivity contribution in [1.29, 1.82) is 0 Å². The minimum atomic E-state index is -3.22. The molecule has 0 radical (unpaired) electrons. The summed E-state index contributed by atoms with van der Waals surface area (Å²) in [6, 6.07) is 19.5. The van der Waals surface area contributed by atoms with Gasteiger partial charge < -0.3 is 24.8 Å². The molecule has 0 aromatic heterocycles. The maximum atomic E-state index is 2.85. The largest absolute Gasteiger partial charge is 1.00 e. The summed E-state index contributed by atoms with van der Waals surface area (Å²) in [7, 11) is 0. The second-order valence-electron chi connectivity index (χ2n) is 21.8. The van der Waals surface area contributed by atoms with Crippen LogP contribution in [0.4, 0.5) is 0 Å². The summed E-state index contributed by atoms with van der Waals surface area (Å²) < 4.78 is 3.95. The third kappa shape index (κ3) is 5.64. The van der Waals surface area contributed by atoms with Crippen LogP contribution < -0.4 is 24.8 Å². The van der Waals surface area contributed by atoms with Crippen molar-refractivity contribution >= 4 is 3.21 Å². The molecule has 0 saturated heterocycles. The van der Waals surface area contributed by atoms with Gasteiger partial charge in [-0.2, -0.15) is 0 Å². The third-order valence-electron chi connectivity index (χ3n) is 18.7. The molecular weight excluding hydrogens is 835 g/mol. The first kappa shape index (κ1) is 46.2. The molecule has 59 heavy (non-hydrogen) atoms. The zero-order valence-electron chi connectivity index (χ0n) is 38.7. The molecule has 0 bridgehead atoms. The molecule has 0 aliphatic heterocycles. The van der Waals surface area contributed by atoms with Crippen LogP contribution in [0.3, 0.4) is 0 Å². The van der Waals surface area contributed by atoms with E-state index in [0.29, 0.717) is 21.4 Å². The van der Waals surface area contributed by atoms with Gasteiger partial charge in [0, 0.05) is 0 Å². The molecule has 6 aliphatic rings. The zero-order valence-corrected chi connectivity index (χ0v) is 42.7. The minimum Gasteiger partial charge on any atom is -1.00 e. The quantitative estimate of drug-likeness (QED) is 0.282. The molecule has 2 aromatic rings. The summed E-state index contributed by atoms with van der Waals surface area (Å²) in [5, 5.41) is 0. The first-order valence-electron chi connectivity index (χ1n) is 22.0. The number of fused-ring (bicyclic) bond motifs is 8. The van der Waals surface area contributed by atoms with Crippen LogP contribution in [0, 0.1) is 74.9 Å². The van der Waals surface area contributed by atoms with E-state index < -0.39 is 21.3 Å². The fourth-order valence-corrected chi connectivity index (χ4v) is 26.7. The standard InChI is InChI=1S/C29H37.C15H14.C12H19.2ClH.Zr/c1-21-14-13-15-22-20-27(6)25(4)18-10-9-16-23(25,2)24(3)17-11-12-19-26(24,5)29(27,8)28(21,22)7;1-12-3-7-14(8-4-12)11-15-9-5-13(2)6-10-15;1-9(2)10-6-7-11(8-10)12(3,4)5;;;/h9-20,22H,1-8H3;3-10H,1-2H3;7-10H,1-5H3;2*1H;/q;;;;;+2/p-2. The summed E-state index contributed by atoms with van der Waals surface area (Å²) in [5.74, 6) is 1.31. The maximum absolute atomic E-state index is 3.22. The molecule has 0 heterocycles. The van der Waals surface area contributed by atoms with Gasteiger partial charge in [0.25, 0.3) is 0 Å². The van der Waals surface area contributed by atoms with Crippen LogP contribution >= 0.6 is 0 Å². The normalized spacial score (nSPS) is 38.4. The fraction of sp³-hybridized carbons (Fsp3) is 0.482. The summed E-state index contributed by atoms with van der Waals surface area (Å²) in [4.78, 5) is 0. The van der Waals surface area contributed by atoms with Gasteiger partial charge in [-0.3, -0.25) is 0 Å². The van der Waals surface area contributed by atoms with Gasteiger partial charge in [-0.25, -0.2) is 0 Å². The Morgan fingerprint density at radius 3 is 1.56 bits per heavy atom. The molecule has 2 aromatic carbocycles. The second-order valence-corrected chi connectivity index (χ2v) is 28.0. The van der Waals surface area contributed by atoms with Crippen molar-refractivity contribution < 1.29 is 46.1 Å². The average Bonchev–Trinajstić information content (AvgIpc) is 3.68. The predicted octanol–water partition coefficient (Wildman–Crippen LogP) is 8.88. The van der Waals surface area contributed by atoms with Crippen molar-refractivity contribution in [2.75, 3.05) is 0 Å². The van der Waals surface area contributed by atoms with E-state index in [1.54, 1.807) is 8.78 Å². The maximum Gasteiger partial charge on any atom is -1.00 e. The number of rotatable bonds is 5. The Hall–Kier alpha value is -2.31. The van der Waals surface area contributed by atoms with Gasteiger partial charge in [0.1, 0.15) is 0 Å². The van der Waals surface area contributed by atoms with Gasteiger partial charge in [0.15, 0.2) is 0 Å². The number of hydrogen-bond donors (Lipinski definition) is 0. The Labute approximate surface area is 379 Å². The molecule has 0 N–H and O–H groups in total. The first-order valence-corrected chi connectivity index (χ1v) is 25.9. The number of hydrogen-bond acceptors (Lipinski definition) is 0. The Bertz CT molecular complexity index is 2250. The van der Waals surface area contributed by atoms with Crippen LogP contribution in [0.15, 0.2) is 142 Å². The van der Waals surface area contributed by atoms with E-state index in [1.165, 1.54) is 27.8 Å². The Balaban J connectivity index is 0.00000293. The molecule has 0 amide bonds. The number of aryl methyl sites for hydroxylation is 2. The van der Waals surface area contributed by atoms with Gasteiger partial charge >= 0.3 is 357 Å². The SMILES string of the molecule is CC1=CC=CC2[CH]([Zr+2]([C]3=CC(C(C)(C)C)=CC3C(C)C)=[C](c3ccc(C)cc3)c3ccc(C)cc3)C3(C)C4(C)C=CC=CC4(C)C4(C)C=CC=CC4(C)C3(C)C12C.[Cl-].[Cl-]. The Morgan fingerprint density at radius 1 is 0.627 bits per heavy atom. The number of benzene rings is 2. The topological polar surface area (TPSA) is 0 Å². The molecule has 10 unspecified atom stereocenters. The molecule has 3 heteroatoms. The van der Waals surface area contributed by atoms with Gasteiger partial charge in [0.2, 0.25) is 0 Å². The summed E-state index contributed by atoms with van der Waals surface area (Å²) in [6.45, 7) is 38.4. The van der Waals surface area contributed by atoms with E-state index >= 15 is 0 Å². The molecule has 2 fully saturated rings. The first-order chi connectivity index (χ1) is 26.6. The van der Waals surface area contributed by atoms with Crippen LogP contribution in [0.5, 0.6) is 0 Å². The van der Waals surface area contributed by atoms with Gasteiger partial charge in [-0.1, -0.05) is 0 Å². The van der Waals surface area contributed by atoms with Crippen molar-refractivity contribution in [2.24, 2.45) is 61.1 Å². The van der Waals surface area contributed by atoms with E-state index in [1.807, 2.05) is 3.28 Å². The molecular formula is C56H70Cl2Zr. The van der Waals surface area contributed by atoms with E-state index in [2.05, 4.69) is 231 Å². The van der Waals surface area contributed by atoms with E-state index in [-0.39, 0.29) is 68.1 Å². The molecule has 8 rings (SSSR count). The summed E-state index contributed by atoms with van der Waals surface area (Å²) in [6.07, 6.45) is 33.5. The van der Waals surface area contributed by atoms with Crippen LogP contribution in [0.25, 0.3) is 0 Å². The van der Waals surface area contributed by atoms with Crippen LogP contribution in [0.2, 0.25) is 3.63 Å². The van der Waals surface area contributed by atoms with Crippen molar-refractivity contribution in [2.45, 2.75) is 107 Å². The second kappa shape index (κ2) is 14.9. The van der Waals surface area contributed by atoms with Gasteiger partial charge in [0.05, 0.1) is 0 Å². The molecule has 2 saturated carbocycles. The summed E-state index contributed by atoms with van der Waals surface area (Å²) in [5.41, 5.74) is 7.80. The van der Waals surface area contributed by atoms with E-state index in [0.717, 1.165) is 0 Å². The van der Waals surface area contributed by atoms with Gasteiger partial charge in [-0.15, -0.1) is 0 Å². The summed E-state index contributed by atoms with van der Waals surface area (Å²) >= 11 is -3.22. The monoisotopic (exact) mass is 902 g/mol. The number of allylic oxidation sites excluding steroid dienone is 16. The molecule has 0 nitrogen and oxygen atoms in total. The average molecular weight is 905 g/mol. The van der Waals surface area contributed by atoms with Crippen molar-refractivity contribution in [1.82, 2.24) is 0 Å². The molecule has 6 aliphatic carbocycles. The van der Waals surface area contributed by atoms with Crippen LogP contribution in [-0.4, -0.2) is 3.21 Å². The predicted molar refractivity (Wildman–Crippen MR) is 243 cm³/mol. The molecule has 312 valence electrons. The van der Waals surface area contributed by atoms with Crippen molar-refractivity contribution in [3.05, 3.63) is 164 Å². The molecule has 0 spiro atoms.